The van der Waals surface area contributed by atoms with E-state index >= 15 is 0 Å². The maximum atomic E-state index is 13.3. The van der Waals surface area contributed by atoms with Crippen molar-refractivity contribution < 1.29 is 4.39 Å². The molecule has 0 atom stereocenters. The van der Waals surface area contributed by atoms with Crippen molar-refractivity contribution in [3.05, 3.63) is 74.8 Å². The Balaban J connectivity index is 1.94. The fraction of sp³-hybridized carbons (Fsp3) is 0. The van der Waals surface area contributed by atoms with Crippen LogP contribution in [0.1, 0.15) is 10.6 Å². The summed E-state index contributed by atoms with van der Waals surface area (Å²) in [6.07, 6.45) is 1.65. The third kappa shape index (κ3) is 3.73. The van der Waals surface area contributed by atoms with Crippen molar-refractivity contribution in [2.24, 2.45) is 0 Å². The average molecular weight is 385 g/mol. The molecule has 5 heteroatoms. The maximum absolute atomic E-state index is 13.3. The minimum Gasteiger partial charge on any atom is -0.235 e. The highest BCUT2D eigenvalue weighted by Gasteiger charge is 2.09. The summed E-state index contributed by atoms with van der Waals surface area (Å²) < 4.78 is 14.3. The van der Waals surface area contributed by atoms with Gasteiger partial charge in [0.15, 0.2) is 0 Å². The normalized spacial score (nSPS) is 11.3. The Kier molecular flexibility index (Phi) is 4.65. The molecule has 23 heavy (non-hydrogen) atoms. The highest BCUT2D eigenvalue weighted by Crippen LogP contribution is 2.28. The molecule has 0 unspecified atom stereocenters. The first-order valence-electron chi connectivity index (χ1n) is 6.75. The van der Waals surface area contributed by atoms with E-state index in [9.17, 15) is 9.65 Å². The van der Waals surface area contributed by atoms with Crippen molar-refractivity contribution in [2.45, 2.75) is 0 Å². The molecule has 0 aliphatic rings. The van der Waals surface area contributed by atoms with Crippen LogP contribution in [0, 0.1) is 17.1 Å². The molecule has 3 aromatic rings. The maximum Gasteiger partial charge on any atom is 0.134 e. The van der Waals surface area contributed by atoms with Crippen LogP contribution in [0.3, 0.4) is 0 Å². The smallest absolute Gasteiger partial charge is 0.134 e. The van der Waals surface area contributed by atoms with Gasteiger partial charge in [0.2, 0.25) is 0 Å². The van der Waals surface area contributed by atoms with Gasteiger partial charge in [0, 0.05) is 15.4 Å². The number of halogens is 2. The van der Waals surface area contributed by atoms with E-state index in [4.69, 9.17) is 0 Å². The zero-order chi connectivity index (χ0) is 16.2. The van der Waals surface area contributed by atoms with Gasteiger partial charge in [-0.2, -0.15) is 5.26 Å². The molecule has 3 rings (SSSR count). The monoisotopic (exact) mass is 384 g/mol. The van der Waals surface area contributed by atoms with Gasteiger partial charge >= 0.3 is 0 Å². The second-order valence-corrected chi connectivity index (χ2v) is 6.54. The first kappa shape index (κ1) is 15.6. The lowest BCUT2D eigenvalue weighted by Crippen LogP contribution is -1.83. The average Bonchev–Trinajstić information content (AvgIpc) is 3.03. The number of aromatic nitrogens is 1. The Hall–Kier alpha value is -2.29. The van der Waals surface area contributed by atoms with Crippen molar-refractivity contribution in [2.75, 3.05) is 0 Å². The van der Waals surface area contributed by atoms with Crippen molar-refractivity contribution in [3.63, 3.8) is 0 Å². The lowest BCUT2D eigenvalue weighted by molar-refractivity contribution is 0.627. The van der Waals surface area contributed by atoms with Crippen molar-refractivity contribution >= 4 is 38.9 Å². The second kappa shape index (κ2) is 6.86. The summed E-state index contributed by atoms with van der Waals surface area (Å²) in [5, 5.41) is 11.9. The van der Waals surface area contributed by atoms with Gasteiger partial charge in [-0.25, -0.2) is 9.37 Å². The number of hydrogen-bond acceptors (Lipinski definition) is 3. The fourth-order valence-electron chi connectivity index (χ4n) is 2.06. The number of rotatable bonds is 3. The fourth-order valence-corrected chi connectivity index (χ4v) is 3.11. The van der Waals surface area contributed by atoms with Crippen LogP contribution in [-0.4, -0.2) is 4.98 Å². The van der Waals surface area contributed by atoms with Crippen LogP contribution >= 0.6 is 27.3 Å². The molecule has 1 heterocycles. The number of benzene rings is 2. The molecule has 0 saturated carbocycles. The van der Waals surface area contributed by atoms with E-state index in [0.717, 1.165) is 15.7 Å². The lowest BCUT2D eigenvalue weighted by atomic mass is 10.1. The molecule has 0 spiro atoms. The number of allylic oxidation sites excluding steroid dienone is 1. The summed E-state index contributed by atoms with van der Waals surface area (Å²) in [6.45, 7) is 0. The summed E-state index contributed by atoms with van der Waals surface area (Å²) in [5.41, 5.74) is 2.86. The Morgan fingerprint density at radius 3 is 2.70 bits per heavy atom. The van der Waals surface area contributed by atoms with E-state index in [2.05, 4.69) is 27.0 Å². The lowest BCUT2D eigenvalue weighted by Gasteiger charge is -1.97. The highest BCUT2D eigenvalue weighted by molar-refractivity contribution is 9.10. The molecule has 1 aromatic heterocycles. The number of nitriles is 1. The molecule has 0 N–H and O–H groups in total. The van der Waals surface area contributed by atoms with E-state index in [1.165, 1.54) is 23.5 Å². The largest absolute Gasteiger partial charge is 0.235 e. The van der Waals surface area contributed by atoms with Crippen LogP contribution in [-0.2, 0) is 0 Å². The summed E-state index contributed by atoms with van der Waals surface area (Å²) >= 11 is 4.80. The number of hydrogen-bond donors (Lipinski definition) is 0. The third-order valence-corrected chi connectivity index (χ3v) is 4.56. The molecular weight excluding hydrogens is 375 g/mol. The van der Waals surface area contributed by atoms with Gasteiger partial charge in [0.05, 0.1) is 11.3 Å². The Bertz CT molecular complexity index is 907. The van der Waals surface area contributed by atoms with Crippen molar-refractivity contribution in [3.8, 4) is 17.3 Å². The first-order valence-corrected chi connectivity index (χ1v) is 8.42. The van der Waals surface area contributed by atoms with E-state index in [1.807, 2.05) is 29.6 Å². The molecule has 0 aliphatic carbocycles. The van der Waals surface area contributed by atoms with E-state index in [-0.39, 0.29) is 5.82 Å². The molecule has 112 valence electrons. The third-order valence-electron chi connectivity index (χ3n) is 3.15. The summed E-state index contributed by atoms with van der Waals surface area (Å²) in [5.74, 6) is -0.328. The van der Waals surface area contributed by atoms with Crippen LogP contribution in [0.2, 0.25) is 0 Å². The molecule has 2 aromatic carbocycles. The van der Waals surface area contributed by atoms with Crippen LogP contribution in [0.5, 0.6) is 0 Å². The number of nitrogens with zero attached hydrogens (tertiary/aromatic N) is 2. The quantitative estimate of drug-likeness (QED) is 0.536. The van der Waals surface area contributed by atoms with Crippen LogP contribution < -0.4 is 0 Å². The Morgan fingerprint density at radius 2 is 2.00 bits per heavy atom. The van der Waals surface area contributed by atoms with Gasteiger partial charge in [-0.05, 0) is 35.9 Å². The molecule has 0 aliphatic heterocycles. The zero-order valence-corrected chi connectivity index (χ0v) is 14.2. The summed E-state index contributed by atoms with van der Waals surface area (Å²) in [6, 6.07) is 16.1. The number of thiazole rings is 1. The van der Waals surface area contributed by atoms with Gasteiger partial charge in [-0.3, -0.25) is 0 Å². The molecule has 2 nitrogen and oxygen atoms in total. The minimum absolute atomic E-state index is 0.328. The standard InChI is InChI=1S/C18H10BrFN2S/c19-15-6-4-13(5-7-15)17-11-23-18(22-17)14(10-21)8-12-2-1-3-16(20)9-12/h1-9,11H/b14-8-. The van der Waals surface area contributed by atoms with Crippen LogP contribution in [0.4, 0.5) is 4.39 Å². The van der Waals surface area contributed by atoms with E-state index in [1.54, 1.807) is 18.2 Å². The molecule has 0 bridgehead atoms. The topological polar surface area (TPSA) is 36.7 Å². The molecule has 0 fully saturated rings. The van der Waals surface area contributed by atoms with Gasteiger partial charge in [0.25, 0.3) is 0 Å². The predicted molar refractivity (Wildman–Crippen MR) is 95.1 cm³/mol. The van der Waals surface area contributed by atoms with E-state index in [0.29, 0.717) is 16.1 Å². The van der Waals surface area contributed by atoms with Gasteiger partial charge in [0.1, 0.15) is 16.9 Å². The molecule has 0 amide bonds. The van der Waals surface area contributed by atoms with Gasteiger partial charge in [-0.1, -0.05) is 40.2 Å². The van der Waals surface area contributed by atoms with Crippen molar-refractivity contribution in [1.29, 1.82) is 5.26 Å². The second-order valence-electron chi connectivity index (χ2n) is 4.77. The Labute approximate surface area is 145 Å². The minimum atomic E-state index is -0.328. The van der Waals surface area contributed by atoms with Gasteiger partial charge < -0.3 is 0 Å². The zero-order valence-electron chi connectivity index (χ0n) is 11.8. The van der Waals surface area contributed by atoms with Crippen molar-refractivity contribution in [1.82, 2.24) is 4.98 Å². The Morgan fingerprint density at radius 1 is 1.22 bits per heavy atom. The summed E-state index contributed by atoms with van der Waals surface area (Å²) in [4.78, 5) is 4.52. The first-order chi connectivity index (χ1) is 11.2. The van der Waals surface area contributed by atoms with Gasteiger partial charge in [-0.15, -0.1) is 11.3 Å². The predicted octanol–water partition coefficient (Wildman–Crippen LogP) is 5.78. The molecule has 0 radical (unpaired) electrons. The molecule has 0 saturated heterocycles. The summed E-state index contributed by atoms with van der Waals surface area (Å²) in [7, 11) is 0. The highest BCUT2D eigenvalue weighted by atomic mass is 79.9. The molecular formula is C18H10BrFN2S. The van der Waals surface area contributed by atoms with Crippen LogP contribution in [0.25, 0.3) is 22.9 Å². The SMILES string of the molecule is N#C/C(=C/c1cccc(F)c1)c1nc(-c2ccc(Br)cc2)cs1. The van der Waals surface area contributed by atoms with Crippen LogP contribution in [0.15, 0.2) is 58.4 Å². The van der Waals surface area contributed by atoms with E-state index < -0.39 is 0 Å².